The van der Waals surface area contributed by atoms with Crippen LogP contribution in [0.1, 0.15) is 17.2 Å². The SMILES string of the molecule is Cc1cc([N+](=O)[O-])ccc1NC(=O)C(=O)NCC(O)c1ccsc1. The van der Waals surface area contributed by atoms with Gasteiger partial charge in [0.05, 0.1) is 11.0 Å². The summed E-state index contributed by atoms with van der Waals surface area (Å²) < 4.78 is 0. The normalized spacial score (nSPS) is 11.6. The van der Waals surface area contributed by atoms with Crippen molar-refractivity contribution in [1.29, 1.82) is 0 Å². The number of hydrogen-bond acceptors (Lipinski definition) is 6. The third-order valence-electron chi connectivity index (χ3n) is 3.26. The van der Waals surface area contributed by atoms with Crippen LogP contribution in [-0.4, -0.2) is 28.4 Å². The van der Waals surface area contributed by atoms with E-state index in [2.05, 4.69) is 10.6 Å². The topological polar surface area (TPSA) is 122 Å². The first-order chi connectivity index (χ1) is 11.4. The summed E-state index contributed by atoms with van der Waals surface area (Å²) in [4.78, 5) is 33.7. The molecule has 2 amide bonds. The summed E-state index contributed by atoms with van der Waals surface area (Å²) in [6, 6.07) is 5.62. The Labute approximate surface area is 141 Å². The van der Waals surface area contributed by atoms with Gasteiger partial charge in [-0.3, -0.25) is 19.7 Å². The fraction of sp³-hybridized carbons (Fsp3) is 0.200. The molecule has 3 N–H and O–H groups in total. The van der Waals surface area contributed by atoms with Crippen LogP contribution >= 0.6 is 11.3 Å². The number of carbonyl (C=O) groups is 2. The van der Waals surface area contributed by atoms with E-state index in [1.165, 1.54) is 29.5 Å². The molecular formula is C15H15N3O5S. The summed E-state index contributed by atoms with van der Waals surface area (Å²) in [5, 5.41) is 28.8. The van der Waals surface area contributed by atoms with E-state index in [4.69, 9.17) is 0 Å². The Kier molecular flexibility index (Phi) is 5.61. The van der Waals surface area contributed by atoms with Crippen LogP contribution < -0.4 is 10.6 Å². The molecular weight excluding hydrogens is 334 g/mol. The van der Waals surface area contributed by atoms with Crippen molar-refractivity contribution in [2.24, 2.45) is 0 Å². The minimum atomic E-state index is -0.913. The number of thiophene rings is 1. The largest absolute Gasteiger partial charge is 0.387 e. The van der Waals surface area contributed by atoms with Gasteiger partial charge in [-0.15, -0.1) is 0 Å². The van der Waals surface area contributed by atoms with Gasteiger partial charge in [0.1, 0.15) is 0 Å². The number of rotatable bonds is 5. The van der Waals surface area contributed by atoms with Crippen LogP contribution in [0.5, 0.6) is 0 Å². The van der Waals surface area contributed by atoms with Gasteiger partial charge in [0, 0.05) is 24.4 Å². The summed E-state index contributed by atoms with van der Waals surface area (Å²) >= 11 is 1.42. The quantitative estimate of drug-likeness (QED) is 0.431. The summed E-state index contributed by atoms with van der Waals surface area (Å²) in [6.45, 7) is 1.49. The van der Waals surface area contributed by atoms with Crippen LogP contribution in [0.2, 0.25) is 0 Å². The van der Waals surface area contributed by atoms with Gasteiger partial charge < -0.3 is 15.7 Å². The minimum absolute atomic E-state index is 0.0950. The Morgan fingerprint density at radius 1 is 1.33 bits per heavy atom. The smallest absolute Gasteiger partial charge is 0.313 e. The van der Waals surface area contributed by atoms with Gasteiger partial charge >= 0.3 is 11.8 Å². The molecule has 0 radical (unpaired) electrons. The van der Waals surface area contributed by atoms with Gasteiger partial charge in [0.2, 0.25) is 0 Å². The molecule has 2 rings (SSSR count). The van der Waals surface area contributed by atoms with Gasteiger partial charge in [-0.25, -0.2) is 0 Å². The van der Waals surface area contributed by atoms with Crippen LogP contribution in [0.15, 0.2) is 35.0 Å². The van der Waals surface area contributed by atoms with Crippen molar-refractivity contribution >= 4 is 34.5 Å². The highest BCUT2D eigenvalue weighted by Crippen LogP contribution is 2.21. The minimum Gasteiger partial charge on any atom is -0.387 e. The molecule has 1 unspecified atom stereocenters. The van der Waals surface area contributed by atoms with Crippen LogP contribution in [0.3, 0.4) is 0 Å². The van der Waals surface area contributed by atoms with E-state index in [0.717, 1.165) is 0 Å². The average Bonchev–Trinajstić information content (AvgIpc) is 3.08. The molecule has 24 heavy (non-hydrogen) atoms. The molecule has 0 aliphatic heterocycles. The highest BCUT2D eigenvalue weighted by atomic mass is 32.1. The molecule has 1 atom stereocenters. The first-order valence-corrected chi connectivity index (χ1v) is 7.87. The average molecular weight is 349 g/mol. The second kappa shape index (κ2) is 7.66. The predicted octanol–water partition coefficient (Wildman–Crippen LogP) is 1.75. The molecule has 2 aromatic rings. The van der Waals surface area contributed by atoms with E-state index in [0.29, 0.717) is 16.8 Å². The number of nitrogens with one attached hydrogen (secondary N) is 2. The molecule has 1 heterocycles. The van der Waals surface area contributed by atoms with E-state index in [1.807, 2.05) is 0 Å². The molecule has 0 saturated heterocycles. The van der Waals surface area contributed by atoms with Crippen molar-refractivity contribution in [1.82, 2.24) is 5.32 Å². The summed E-state index contributed by atoms with van der Waals surface area (Å²) in [5.41, 5.74) is 1.32. The second-order valence-corrected chi connectivity index (χ2v) is 5.77. The number of benzene rings is 1. The van der Waals surface area contributed by atoms with Crippen molar-refractivity contribution < 1.29 is 19.6 Å². The zero-order valence-electron chi connectivity index (χ0n) is 12.7. The maximum Gasteiger partial charge on any atom is 0.313 e. The predicted molar refractivity (Wildman–Crippen MR) is 88.8 cm³/mol. The number of nitro benzene ring substituents is 1. The van der Waals surface area contributed by atoms with Crippen LogP contribution in [-0.2, 0) is 9.59 Å². The zero-order valence-corrected chi connectivity index (χ0v) is 13.5. The lowest BCUT2D eigenvalue weighted by molar-refractivity contribution is -0.384. The Morgan fingerprint density at radius 2 is 2.08 bits per heavy atom. The lowest BCUT2D eigenvalue weighted by Gasteiger charge is -2.11. The van der Waals surface area contributed by atoms with Crippen molar-refractivity contribution in [2.75, 3.05) is 11.9 Å². The number of aliphatic hydroxyl groups is 1. The lowest BCUT2D eigenvalue weighted by atomic mass is 10.1. The first kappa shape index (κ1) is 17.6. The maximum absolute atomic E-state index is 11.8. The van der Waals surface area contributed by atoms with Gasteiger partial charge in [0.15, 0.2) is 0 Å². The Bertz CT molecular complexity index is 760. The number of nitro groups is 1. The van der Waals surface area contributed by atoms with Gasteiger partial charge in [-0.1, -0.05) is 0 Å². The lowest BCUT2D eigenvalue weighted by Crippen LogP contribution is -2.37. The molecule has 126 valence electrons. The number of aliphatic hydroxyl groups excluding tert-OH is 1. The highest BCUT2D eigenvalue weighted by molar-refractivity contribution is 7.07. The number of nitrogens with zero attached hydrogens (tertiary/aromatic N) is 1. The van der Waals surface area contributed by atoms with Crippen molar-refractivity contribution in [2.45, 2.75) is 13.0 Å². The fourth-order valence-electron chi connectivity index (χ4n) is 1.93. The second-order valence-electron chi connectivity index (χ2n) is 4.99. The van der Waals surface area contributed by atoms with Gasteiger partial charge in [-0.2, -0.15) is 11.3 Å². The van der Waals surface area contributed by atoms with Crippen molar-refractivity contribution in [3.63, 3.8) is 0 Å². The first-order valence-electron chi connectivity index (χ1n) is 6.93. The summed E-state index contributed by atoms with van der Waals surface area (Å²) in [7, 11) is 0. The van der Waals surface area contributed by atoms with E-state index in [9.17, 15) is 24.8 Å². The molecule has 0 bridgehead atoms. The monoisotopic (exact) mass is 349 g/mol. The molecule has 0 aliphatic rings. The number of aryl methyl sites for hydroxylation is 1. The molecule has 9 heteroatoms. The molecule has 0 fully saturated rings. The number of non-ortho nitro benzene ring substituents is 1. The van der Waals surface area contributed by atoms with Crippen molar-refractivity contribution in [3.05, 3.63) is 56.3 Å². The molecule has 1 aromatic heterocycles. The number of amides is 2. The maximum atomic E-state index is 11.8. The third-order valence-corrected chi connectivity index (χ3v) is 3.96. The van der Waals surface area contributed by atoms with E-state index in [-0.39, 0.29) is 12.2 Å². The van der Waals surface area contributed by atoms with Crippen LogP contribution in [0.4, 0.5) is 11.4 Å². The molecule has 0 spiro atoms. The van der Waals surface area contributed by atoms with E-state index >= 15 is 0 Å². The van der Waals surface area contributed by atoms with Crippen LogP contribution in [0, 0.1) is 17.0 Å². The number of anilines is 1. The Morgan fingerprint density at radius 3 is 2.67 bits per heavy atom. The molecule has 8 nitrogen and oxygen atoms in total. The van der Waals surface area contributed by atoms with E-state index in [1.54, 1.807) is 23.8 Å². The Balaban J connectivity index is 1.92. The molecule has 1 aromatic carbocycles. The zero-order chi connectivity index (χ0) is 17.7. The van der Waals surface area contributed by atoms with Crippen LogP contribution in [0.25, 0.3) is 0 Å². The molecule has 0 saturated carbocycles. The molecule has 0 aliphatic carbocycles. The summed E-state index contributed by atoms with van der Waals surface area (Å²) in [5.74, 6) is -1.81. The standard InChI is InChI=1S/C15H15N3O5S/c1-9-6-11(18(22)23)2-3-12(9)17-15(21)14(20)16-7-13(19)10-4-5-24-8-10/h2-6,8,13,19H,7H2,1H3,(H,16,20)(H,17,21). The Hall–Kier alpha value is -2.78. The number of hydrogen-bond donors (Lipinski definition) is 3. The summed E-state index contributed by atoms with van der Waals surface area (Å²) in [6.07, 6.45) is -0.894. The van der Waals surface area contributed by atoms with E-state index < -0.39 is 22.8 Å². The highest BCUT2D eigenvalue weighted by Gasteiger charge is 2.17. The number of carbonyl (C=O) groups excluding carboxylic acids is 2. The third kappa shape index (κ3) is 4.37. The van der Waals surface area contributed by atoms with Gasteiger partial charge in [-0.05, 0) is 40.9 Å². The van der Waals surface area contributed by atoms with Crippen molar-refractivity contribution in [3.8, 4) is 0 Å². The fourth-order valence-corrected chi connectivity index (χ4v) is 2.64. The van der Waals surface area contributed by atoms with Gasteiger partial charge in [0.25, 0.3) is 5.69 Å².